The molecule has 1 aliphatic carbocycles. The normalized spacial score (nSPS) is 16.1. The molecule has 1 atom stereocenters. The Morgan fingerprint density at radius 1 is 0.621 bits per heavy atom. The number of ether oxygens (including phenoxy) is 1. The number of fused-ring (bicyclic) bond motifs is 4. The molecule has 2 nitrogen and oxygen atoms in total. The van der Waals surface area contributed by atoms with E-state index in [1.165, 1.54) is 27.8 Å². The standard InChI is InChI=1S/C27H18O2/c28-27-26(23-12-5-6-15-25(23)29-27)22-11-4-3-10-20(22)21-14-7-13-19-18-9-2-1-8-17(18)16-24(19)21/h1-15,26H,16H2. The largest absolute Gasteiger partial charge is 0.425 e. The summed E-state index contributed by atoms with van der Waals surface area (Å²) in [5.41, 5.74) is 9.56. The fourth-order valence-corrected chi connectivity index (χ4v) is 4.80. The van der Waals surface area contributed by atoms with Crippen molar-refractivity contribution in [2.24, 2.45) is 0 Å². The van der Waals surface area contributed by atoms with Gasteiger partial charge < -0.3 is 4.74 Å². The van der Waals surface area contributed by atoms with Crippen LogP contribution in [-0.4, -0.2) is 5.97 Å². The van der Waals surface area contributed by atoms with Gasteiger partial charge in [0.05, 0.1) is 0 Å². The van der Waals surface area contributed by atoms with E-state index >= 15 is 0 Å². The van der Waals surface area contributed by atoms with Crippen LogP contribution in [0.4, 0.5) is 0 Å². The monoisotopic (exact) mass is 374 g/mol. The van der Waals surface area contributed by atoms with Crippen LogP contribution < -0.4 is 4.74 Å². The van der Waals surface area contributed by atoms with Gasteiger partial charge in [-0.2, -0.15) is 0 Å². The topological polar surface area (TPSA) is 26.3 Å². The van der Waals surface area contributed by atoms with E-state index in [0.29, 0.717) is 5.75 Å². The molecule has 0 spiro atoms. The maximum absolute atomic E-state index is 12.8. The molecule has 1 unspecified atom stereocenters. The second-order valence-corrected chi connectivity index (χ2v) is 7.64. The molecule has 138 valence electrons. The first-order valence-corrected chi connectivity index (χ1v) is 9.91. The average Bonchev–Trinajstić information content (AvgIpc) is 3.30. The number of hydrogen-bond acceptors (Lipinski definition) is 2. The summed E-state index contributed by atoms with van der Waals surface area (Å²) in [6, 6.07) is 31.1. The molecule has 29 heavy (non-hydrogen) atoms. The first kappa shape index (κ1) is 16.3. The van der Waals surface area contributed by atoms with Crippen molar-refractivity contribution in [1.82, 2.24) is 0 Å². The Hall–Kier alpha value is -3.65. The van der Waals surface area contributed by atoms with Gasteiger partial charge in [0.1, 0.15) is 11.7 Å². The second-order valence-electron chi connectivity index (χ2n) is 7.64. The van der Waals surface area contributed by atoms with Crippen molar-refractivity contribution in [3.05, 3.63) is 113 Å². The van der Waals surface area contributed by atoms with Gasteiger partial charge in [0.25, 0.3) is 0 Å². The molecule has 1 aliphatic heterocycles. The van der Waals surface area contributed by atoms with E-state index in [2.05, 4.69) is 54.6 Å². The van der Waals surface area contributed by atoms with Gasteiger partial charge in [-0.15, -0.1) is 0 Å². The molecule has 0 radical (unpaired) electrons. The third-order valence-corrected chi connectivity index (χ3v) is 6.09. The summed E-state index contributed by atoms with van der Waals surface area (Å²) in [5.74, 6) is 0.0829. The Kier molecular flexibility index (Phi) is 3.48. The molecule has 2 heteroatoms. The van der Waals surface area contributed by atoms with Gasteiger partial charge in [0, 0.05) is 5.56 Å². The van der Waals surface area contributed by atoms with Crippen molar-refractivity contribution in [2.45, 2.75) is 12.3 Å². The van der Waals surface area contributed by atoms with Crippen molar-refractivity contribution in [3.8, 4) is 28.0 Å². The number of carbonyl (C=O) groups is 1. The highest BCUT2D eigenvalue weighted by Crippen LogP contribution is 2.46. The van der Waals surface area contributed by atoms with Gasteiger partial charge in [0.15, 0.2) is 0 Å². The zero-order chi connectivity index (χ0) is 19.4. The van der Waals surface area contributed by atoms with Gasteiger partial charge in [-0.25, -0.2) is 0 Å². The van der Waals surface area contributed by atoms with E-state index < -0.39 is 0 Å². The van der Waals surface area contributed by atoms with Crippen LogP contribution in [0.25, 0.3) is 22.3 Å². The second kappa shape index (κ2) is 6.18. The van der Waals surface area contributed by atoms with Crippen LogP contribution in [0.2, 0.25) is 0 Å². The summed E-state index contributed by atoms with van der Waals surface area (Å²) in [6.45, 7) is 0. The first-order chi connectivity index (χ1) is 14.3. The molecule has 4 aromatic carbocycles. The number of carbonyl (C=O) groups excluding carboxylic acids is 1. The highest BCUT2D eigenvalue weighted by Gasteiger charge is 2.36. The number of para-hydroxylation sites is 1. The van der Waals surface area contributed by atoms with Gasteiger partial charge >= 0.3 is 5.97 Å². The summed E-state index contributed by atoms with van der Waals surface area (Å²) < 4.78 is 5.57. The van der Waals surface area contributed by atoms with Crippen molar-refractivity contribution < 1.29 is 9.53 Å². The molecule has 6 rings (SSSR count). The fourth-order valence-electron chi connectivity index (χ4n) is 4.80. The predicted molar refractivity (Wildman–Crippen MR) is 114 cm³/mol. The smallest absolute Gasteiger partial charge is 0.323 e. The summed E-state index contributed by atoms with van der Waals surface area (Å²) in [6.07, 6.45) is 0.918. The lowest BCUT2D eigenvalue weighted by molar-refractivity contribution is -0.133. The van der Waals surface area contributed by atoms with E-state index in [4.69, 9.17) is 4.74 Å². The van der Waals surface area contributed by atoms with Gasteiger partial charge in [0.2, 0.25) is 0 Å². The molecule has 0 saturated heterocycles. The van der Waals surface area contributed by atoms with Gasteiger partial charge in [-0.1, -0.05) is 84.9 Å². The van der Waals surface area contributed by atoms with E-state index in [9.17, 15) is 4.79 Å². The van der Waals surface area contributed by atoms with Crippen LogP contribution in [0.1, 0.15) is 28.2 Å². The van der Waals surface area contributed by atoms with Crippen molar-refractivity contribution in [2.75, 3.05) is 0 Å². The predicted octanol–water partition coefficient (Wildman–Crippen LogP) is 5.98. The molecule has 0 amide bonds. The minimum absolute atomic E-state index is 0.200. The summed E-state index contributed by atoms with van der Waals surface area (Å²) in [7, 11) is 0. The van der Waals surface area contributed by atoms with E-state index in [1.807, 2.05) is 36.4 Å². The highest BCUT2D eigenvalue weighted by molar-refractivity contribution is 5.93. The summed E-state index contributed by atoms with van der Waals surface area (Å²) in [5, 5.41) is 0. The average molecular weight is 374 g/mol. The van der Waals surface area contributed by atoms with Gasteiger partial charge in [-0.3, -0.25) is 4.79 Å². The molecule has 2 aliphatic rings. The molecule has 0 saturated carbocycles. The molecule has 0 fully saturated rings. The molecular weight excluding hydrogens is 356 g/mol. The molecule has 0 aromatic heterocycles. The van der Waals surface area contributed by atoms with Crippen LogP contribution in [-0.2, 0) is 11.2 Å². The quantitative estimate of drug-likeness (QED) is 0.281. The Bertz CT molecular complexity index is 1290. The Morgan fingerprint density at radius 3 is 2.10 bits per heavy atom. The minimum atomic E-state index is -0.387. The van der Waals surface area contributed by atoms with Crippen molar-refractivity contribution in [1.29, 1.82) is 0 Å². The zero-order valence-corrected chi connectivity index (χ0v) is 15.8. The minimum Gasteiger partial charge on any atom is -0.425 e. The fraction of sp³-hybridized carbons (Fsp3) is 0.0741. The van der Waals surface area contributed by atoms with Crippen LogP contribution >= 0.6 is 0 Å². The van der Waals surface area contributed by atoms with E-state index in [1.54, 1.807) is 0 Å². The molecule has 1 heterocycles. The molecule has 4 aromatic rings. The third kappa shape index (κ3) is 2.39. The maximum atomic E-state index is 12.8. The van der Waals surface area contributed by atoms with Gasteiger partial charge in [-0.05, 0) is 51.4 Å². The van der Waals surface area contributed by atoms with Crippen molar-refractivity contribution >= 4 is 5.97 Å². The lowest BCUT2D eigenvalue weighted by Crippen LogP contribution is -2.12. The Labute approximate surface area is 169 Å². The highest BCUT2D eigenvalue weighted by atomic mass is 16.5. The van der Waals surface area contributed by atoms with Crippen molar-refractivity contribution in [3.63, 3.8) is 0 Å². The SMILES string of the molecule is O=C1Oc2ccccc2C1c1ccccc1-c1cccc2c1Cc1ccccc1-2. The number of benzene rings is 4. The Balaban J connectivity index is 1.55. The van der Waals surface area contributed by atoms with Crippen LogP contribution in [0.15, 0.2) is 91.0 Å². The molecular formula is C27H18O2. The molecule has 0 bridgehead atoms. The number of esters is 1. The zero-order valence-electron chi connectivity index (χ0n) is 15.8. The lowest BCUT2D eigenvalue weighted by atomic mass is 9.85. The van der Waals surface area contributed by atoms with Crippen LogP contribution in [0, 0.1) is 0 Å². The third-order valence-electron chi connectivity index (χ3n) is 6.09. The summed E-state index contributed by atoms with van der Waals surface area (Å²) in [4.78, 5) is 12.8. The maximum Gasteiger partial charge on any atom is 0.323 e. The summed E-state index contributed by atoms with van der Waals surface area (Å²) >= 11 is 0. The lowest BCUT2D eigenvalue weighted by Gasteiger charge is -2.16. The molecule has 0 N–H and O–H groups in total. The van der Waals surface area contributed by atoms with Crippen LogP contribution in [0.5, 0.6) is 5.75 Å². The van der Waals surface area contributed by atoms with E-state index in [-0.39, 0.29) is 11.9 Å². The number of hydrogen-bond donors (Lipinski definition) is 0. The Morgan fingerprint density at radius 2 is 1.24 bits per heavy atom. The number of rotatable bonds is 2. The van der Waals surface area contributed by atoms with Crippen LogP contribution in [0.3, 0.4) is 0 Å². The van der Waals surface area contributed by atoms with E-state index in [0.717, 1.165) is 23.1 Å². The first-order valence-electron chi connectivity index (χ1n) is 9.91.